The van der Waals surface area contributed by atoms with Gasteiger partial charge in [-0.3, -0.25) is 4.79 Å². The first-order valence-corrected chi connectivity index (χ1v) is 14.4. The molecule has 0 saturated carbocycles. The fraction of sp³-hybridized carbons (Fsp3) is 0.108. The number of alkyl carbamates (subject to hydrolysis) is 1. The minimum atomic E-state index is -1.15. The molecule has 0 fully saturated rings. The molecule has 0 bridgehead atoms. The summed E-state index contributed by atoms with van der Waals surface area (Å²) < 4.78 is 5.55. The molecule has 0 spiro atoms. The summed E-state index contributed by atoms with van der Waals surface area (Å²) in [4.78, 5) is 37.1. The van der Waals surface area contributed by atoms with Gasteiger partial charge in [-0.2, -0.15) is 0 Å². The summed E-state index contributed by atoms with van der Waals surface area (Å²) in [6.45, 7) is 0.107. The maximum atomic E-state index is 12.7. The maximum Gasteiger partial charge on any atom is 0.407 e. The van der Waals surface area contributed by atoms with Gasteiger partial charge in [-0.1, -0.05) is 103 Å². The predicted molar refractivity (Wildman–Crippen MR) is 170 cm³/mol. The lowest BCUT2D eigenvalue weighted by Crippen LogP contribution is -2.42. The normalized spacial score (nSPS) is 12.5. The van der Waals surface area contributed by atoms with Gasteiger partial charge in [-0.05, 0) is 63.2 Å². The van der Waals surface area contributed by atoms with E-state index < -0.39 is 18.1 Å². The highest BCUT2D eigenvalue weighted by Gasteiger charge is 2.29. The molecule has 0 aromatic heterocycles. The van der Waals surface area contributed by atoms with Crippen molar-refractivity contribution in [2.45, 2.75) is 18.4 Å². The lowest BCUT2D eigenvalue weighted by atomic mass is 9.98. The van der Waals surface area contributed by atoms with Crippen LogP contribution in [0.4, 0.5) is 10.5 Å². The van der Waals surface area contributed by atoms with Crippen molar-refractivity contribution < 1.29 is 24.2 Å². The van der Waals surface area contributed by atoms with Gasteiger partial charge in [0, 0.05) is 23.6 Å². The highest BCUT2D eigenvalue weighted by atomic mass is 16.5. The topological polar surface area (TPSA) is 105 Å². The third-order valence-corrected chi connectivity index (χ3v) is 7.84. The number of rotatable bonds is 9. The van der Waals surface area contributed by atoms with Gasteiger partial charge in [0.1, 0.15) is 12.6 Å². The van der Waals surface area contributed by atoms with Crippen molar-refractivity contribution >= 4 is 23.7 Å². The number of anilines is 1. The summed E-state index contributed by atoms with van der Waals surface area (Å²) in [5, 5.41) is 15.2. The fourth-order valence-electron chi connectivity index (χ4n) is 5.59. The average Bonchev–Trinajstić information content (AvgIpc) is 3.38. The van der Waals surface area contributed by atoms with E-state index in [2.05, 4.69) is 22.8 Å². The van der Waals surface area contributed by atoms with Crippen LogP contribution >= 0.6 is 0 Å². The van der Waals surface area contributed by atoms with E-state index in [4.69, 9.17) is 4.74 Å². The zero-order valence-electron chi connectivity index (χ0n) is 23.8. The minimum absolute atomic E-state index is 0.101. The van der Waals surface area contributed by atoms with Gasteiger partial charge in [0.05, 0.1) is 0 Å². The first-order chi connectivity index (χ1) is 21.5. The summed E-state index contributed by atoms with van der Waals surface area (Å²) in [5.41, 5.74) is 8.32. The molecule has 7 nitrogen and oxygen atoms in total. The number of hydrogen-bond donors (Lipinski definition) is 3. The van der Waals surface area contributed by atoms with Gasteiger partial charge in [0.15, 0.2) is 0 Å². The maximum absolute atomic E-state index is 12.7. The van der Waals surface area contributed by atoms with E-state index in [1.54, 1.807) is 12.1 Å². The van der Waals surface area contributed by atoms with Gasteiger partial charge in [-0.15, -0.1) is 0 Å². The number of carboxylic acids is 1. The summed E-state index contributed by atoms with van der Waals surface area (Å²) in [7, 11) is 0. The van der Waals surface area contributed by atoms with Crippen LogP contribution in [0.2, 0.25) is 0 Å². The standard InChI is InChI=1S/C37H30N2O5/c40-35(27-8-2-1-3-9-27)38-28-20-18-26(19-21-28)25-16-14-24(15-17-25)22-34(36(41)42)39-37(43)44-23-33-31-12-6-4-10-29(31)30-11-5-7-13-32(30)33/h1-21,33-34H,22-23H2,(H,38,40)(H,39,43)(H,41,42)/t34-/m1/s1. The van der Waals surface area contributed by atoms with Gasteiger partial charge in [0.2, 0.25) is 0 Å². The van der Waals surface area contributed by atoms with Crippen LogP contribution in [0.5, 0.6) is 0 Å². The molecule has 2 amide bonds. The molecule has 1 atom stereocenters. The number of carbonyl (C=O) groups is 3. The van der Waals surface area contributed by atoms with Gasteiger partial charge >= 0.3 is 12.1 Å². The van der Waals surface area contributed by atoms with Crippen LogP contribution in [0.1, 0.15) is 33.0 Å². The molecular weight excluding hydrogens is 552 g/mol. The van der Waals surface area contributed by atoms with Crippen molar-refractivity contribution in [1.82, 2.24) is 5.32 Å². The molecule has 6 rings (SSSR count). The Morgan fingerprint density at radius 1 is 0.682 bits per heavy atom. The number of nitrogens with one attached hydrogen (secondary N) is 2. The number of ether oxygens (including phenoxy) is 1. The summed E-state index contributed by atoms with van der Waals surface area (Å²) >= 11 is 0. The van der Waals surface area contributed by atoms with Gasteiger partial charge in [0.25, 0.3) is 5.91 Å². The monoisotopic (exact) mass is 582 g/mol. The van der Waals surface area contributed by atoms with Crippen LogP contribution < -0.4 is 10.6 Å². The van der Waals surface area contributed by atoms with E-state index in [1.165, 1.54) is 0 Å². The smallest absolute Gasteiger partial charge is 0.407 e. The highest BCUT2D eigenvalue weighted by molar-refractivity contribution is 6.04. The largest absolute Gasteiger partial charge is 0.480 e. The van der Waals surface area contributed by atoms with E-state index >= 15 is 0 Å². The molecule has 1 aliphatic carbocycles. The molecule has 5 aromatic carbocycles. The third-order valence-electron chi connectivity index (χ3n) is 7.84. The van der Waals surface area contributed by atoms with E-state index in [0.29, 0.717) is 11.3 Å². The second kappa shape index (κ2) is 12.7. The van der Waals surface area contributed by atoms with Crippen molar-refractivity contribution in [3.63, 3.8) is 0 Å². The first kappa shape index (κ1) is 28.4. The van der Waals surface area contributed by atoms with E-state index in [0.717, 1.165) is 38.9 Å². The molecule has 0 heterocycles. The molecule has 44 heavy (non-hydrogen) atoms. The molecule has 0 radical (unpaired) electrons. The first-order valence-electron chi connectivity index (χ1n) is 14.4. The number of fused-ring (bicyclic) bond motifs is 3. The Balaban J connectivity index is 1.05. The van der Waals surface area contributed by atoms with Crippen LogP contribution in [-0.2, 0) is 16.0 Å². The summed E-state index contributed by atoms with van der Waals surface area (Å²) in [6, 6.07) is 38.9. The Labute approximate surface area is 255 Å². The summed E-state index contributed by atoms with van der Waals surface area (Å²) in [6.07, 6.45) is -0.667. The van der Waals surface area contributed by atoms with Crippen LogP contribution in [-0.4, -0.2) is 35.7 Å². The predicted octanol–water partition coefficient (Wildman–Crippen LogP) is 7.14. The van der Waals surface area contributed by atoms with Crippen LogP contribution in [0, 0.1) is 0 Å². The Morgan fingerprint density at radius 2 is 1.23 bits per heavy atom. The number of benzene rings is 5. The molecule has 5 aromatic rings. The number of hydrogen-bond acceptors (Lipinski definition) is 4. The van der Waals surface area contributed by atoms with Gasteiger partial charge in [-0.25, -0.2) is 9.59 Å². The van der Waals surface area contributed by atoms with Crippen molar-refractivity contribution in [1.29, 1.82) is 0 Å². The number of carboxylic acid groups (broad SMARTS) is 1. The Kier molecular flexibility index (Phi) is 8.19. The van der Waals surface area contributed by atoms with Crippen LogP contribution in [0.25, 0.3) is 22.3 Å². The van der Waals surface area contributed by atoms with E-state index in [9.17, 15) is 19.5 Å². The Hall–Kier alpha value is -5.69. The second-order valence-corrected chi connectivity index (χ2v) is 10.7. The zero-order valence-corrected chi connectivity index (χ0v) is 23.8. The summed E-state index contributed by atoms with van der Waals surface area (Å²) in [5.74, 6) is -1.43. The fourth-order valence-corrected chi connectivity index (χ4v) is 5.59. The van der Waals surface area contributed by atoms with Crippen molar-refractivity contribution in [3.05, 3.63) is 150 Å². The van der Waals surface area contributed by atoms with E-state index in [1.807, 2.05) is 103 Å². The molecule has 218 valence electrons. The minimum Gasteiger partial charge on any atom is -0.480 e. The SMILES string of the molecule is O=C(N[C@H](Cc1ccc(-c2ccc(NC(=O)c3ccccc3)cc2)cc1)C(=O)O)OCC1c2ccccc2-c2ccccc21. The molecule has 0 unspecified atom stereocenters. The lowest BCUT2D eigenvalue weighted by molar-refractivity contribution is -0.139. The highest BCUT2D eigenvalue weighted by Crippen LogP contribution is 2.44. The number of carbonyl (C=O) groups excluding carboxylic acids is 2. The lowest BCUT2D eigenvalue weighted by Gasteiger charge is -2.17. The van der Waals surface area contributed by atoms with Crippen molar-refractivity contribution in [2.24, 2.45) is 0 Å². The third kappa shape index (κ3) is 6.22. The van der Waals surface area contributed by atoms with E-state index in [-0.39, 0.29) is 24.9 Å². The zero-order chi connectivity index (χ0) is 30.5. The average molecular weight is 583 g/mol. The van der Waals surface area contributed by atoms with Crippen LogP contribution in [0.3, 0.4) is 0 Å². The molecule has 0 aliphatic heterocycles. The Morgan fingerprint density at radius 3 is 1.82 bits per heavy atom. The van der Waals surface area contributed by atoms with Crippen molar-refractivity contribution in [3.8, 4) is 22.3 Å². The van der Waals surface area contributed by atoms with Gasteiger partial charge < -0.3 is 20.5 Å². The quantitative estimate of drug-likeness (QED) is 0.171. The molecule has 7 heteroatoms. The van der Waals surface area contributed by atoms with Crippen molar-refractivity contribution in [2.75, 3.05) is 11.9 Å². The Bertz CT molecular complexity index is 1760. The second-order valence-electron chi connectivity index (χ2n) is 10.7. The molecule has 3 N–H and O–H groups in total. The van der Waals surface area contributed by atoms with Crippen LogP contribution in [0.15, 0.2) is 127 Å². The molecule has 1 aliphatic rings. The number of amides is 2. The molecular formula is C37H30N2O5. The number of aliphatic carboxylic acids is 1. The molecule has 0 saturated heterocycles.